The third-order valence-electron chi connectivity index (χ3n) is 2.36. The topological polar surface area (TPSA) is 44.9 Å². The van der Waals surface area contributed by atoms with Crippen LogP contribution in [0.4, 0.5) is 0 Å². The van der Waals surface area contributed by atoms with Crippen LogP contribution in [0.5, 0.6) is 0 Å². The van der Waals surface area contributed by atoms with Gasteiger partial charge in [0.1, 0.15) is 0 Å². The Balaban J connectivity index is 2.06. The molecule has 1 heterocycles. The summed E-state index contributed by atoms with van der Waals surface area (Å²) in [6.07, 6.45) is 5.87. The van der Waals surface area contributed by atoms with E-state index in [0.717, 1.165) is 11.1 Å². The molecule has 16 heavy (non-hydrogen) atoms. The summed E-state index contributed by atoms with van der Waals surface area (Å²) < 4.78 is 0. The maximum Gasteiger partial charge on any atom is 0.217 e. The van der Waals surface area contributed by atoms with Crippen LogP contribution < -0.4 is 5.32 Å². The van der Waals surface area contributed by atoms with Crippen molar-refractivity contribution in [1.29, 1.82) is 0 Å². The Hall–Kier alpha value is -2.03. The summed E-state index contributed by atoms with van der Waals surface area (Å²) in [5, 5.41) is 3.91. The van der Waals surface area contributed by atoms with E-state index < -0.39 is 0 Å². The average molecular weight is 214 g/mol. The fourth-order valence-electron chi connectivity index (χ4n) is 1.57. The predicted molar refractivity (Wildman–Crippen MR) is 66.0 cm³/mol. The molecular weight excluding hydrogens is 200 g/mol. The summed E-state index contributed by atoms with van der Waals surface area (Å²) in [7, 11) is 0. The molecule has 2 aromatic rings. The lowest BCUT2D eigenvalue weighted by molar-refractivity contribution is -0.118. The minimum Gasteiger partial charge on any atom is -0.361 e. The second kappa shape index (κ2) is 4.66. The lowest BCUT2D eigenvalue weighted by Crippen LogP contribution is -2.19. The van der Waals surface area contributed by atoms with Gasteiger partial charge in [0.05, 0.1) is 0 Å². The molecule has 2 N–H and O–H groups in total. The highest BCUT2D eigenvalue weighted by Crippen LogP contribution is 2.14. The van der Waals surface area contributed by atoms with Gasteiger partial charge < -0.3 is 10.3 Å². The first-order valence-corrected chi connectivity index (χ1v) is 5.24. The molecule has 1 aromatic carbocycles. The molecule has 0 saturated heterocycles. The molecule has 0 radical (unpaired) electrons. The van der Waals surface area contributed by atoms with Crippen molar-refractivity contribution >= 4 is 22.9 Å². The Kier molecular flexibility index (Phi) is 3.05. The second-order valence-corrected chi connectivity index (χ2v) is 3.66. The summed E-state index contributed by atoms with van der Waals surface area (Å²) in [4.78, 5) is 13.8. The first kappa shape index (κ1) is 10.5. The van der Waals surface area contributed by atoms with Gasteiger partial charge in [0.15, 0.2) is 0 Å². The number of carbonyl (C=O) groups excluding carboxylic acids is 1. The third kappa shape index (κ3) is 2.51. The molecule has 1 amide bonds. The standard InChI is InChI=1S/C13H14N2O/c1-10(16)14-7-2-3-11-4-5-13-12(9-11)6-8-15-13/h2-6,8-9,15H,7H2,1H3,(H,14,16). The number of aromatic nitrogens is 1. The lowest BCUT2D eigenvalue weighted by Gasteiger charge is -1.96. The lowest BCUT2D eigenvalue weighted by atomic mass is 10.1. The van der Waals surface area contributed by atoms with Crippen LogP contribution in [0.1, 0.15) is 12.5 Å². The molecule has 0 unspecified atom stereocenters. The van der Waals surface area contributed by atoms with Crippen molar-refractivity contribution in [2.75, 3.05) is 6.54 Å². The van der Waals surface area contributed by atoms with E-state index >= 15 is 0 Å². The zero-order valence-corrected chi connectivity index (χ0v) is 9.16. The first-order valence-electron chi connectivity index (χ1n) is 5.24. The van der Waals surface area contributed by atoms with Crippen molar-refractivity contribution in [2.24, 2.45) is 0 Å². The van der Waals surface area contributed by atoms with Crippen molar-refractivity contribution in [2.45, 2.75) is 6.92 Å². The molecule has 2 rings (SSSR count). The molecule has 0 saturated carbocycles. The number of carbonyl (C=O) groups is 1. The van der Waals surface area contributed by atoms with Crippen LogP contribution in [0.25, 0.3) is 17.0 Å². The Morgan fingerprint density at radius 2 is 2.31 bits per heavy atom. The van der Waals surface area contributed by atoms with E-state index in [0.29, 0.717) is 6.54 Å². The van der Waals surface area contributed by atoms with E-state index in [1.807, 2.05) is 36.5 Å². The number of aromatic amines is 1. The van der Waals surface area contributed by atoms with E-state index in [1.54, 1.807) is 0 Å². The van der Waals surface area contributed by atoms with Gasteiger partial charge in [-0.1, -0.05) is 18.2 Å². The van der Waals surface area contributed by atoms with E-state index in [-0.39, 0.29) is 5.91 Å². The van der Waals surface area contributed by atoms with E-state index in [4.69, 9.17) is 0 Å². The quantitative estimate of drug-likeness (QED) is 0.809. The van der Waals surface area contributed by atoms with E-state index in [9.17, 15) is 4.79 Å². The minimum absolute atomic E-state index is 0.00858. The van der Waals surface area contributed by atoms with Gasteiger partial charge in [0.25, 0.3) is 0 Å². The van der Waals surface area contributed by atoms with Gasteiger partial charge in [-0.05, 0) is 29.1 Å². The molecule has 0 aliphatic rings. The third-order valence-corrected chi connectivity index (χ3v) is 2.36. The molecule has 1 aromatic heterocycles. The molecular formula is C13H14N2O. The van der Waals surface area contributed by atoms with Gasteiger partial charge in [0.2, 0.25) is 5.91 Å². The Morgan fingerprint density at radius 3 is 3.12 bits per heavy atom. The van der Waals surface area contributed by atoms with Crippen molar-refractivity contribution in [3.05, 3.63) is 42.1 Å². The highest BCUT2D eigenvalue weighted by Gasteiger charge is 1.93. The number of amides is 1. The fraction of sp³-hybridized carbons (Fsp3) is 0.154. The molecule has 82 valence electrons. The summed E-state index contributed by atoms with van der Waals surface area (Å²) >= 11 is 0. The summed E-state index contributed by atoms with van der Waals surface area (Å²) in [5.41, 5.74) is 2.27. The van der Waals surface area contributed by atoms with Crippen LogP contribution >= 0.6 is 0 Å². The number of hydrogen-bond donors (Lipinski definition) is 2. The molecule has 0 atom stereocenters. The number of benzene rings is 1. The number of fused-ring (bicyclic) bond motifs is 1. The molecule has 0 fully saturated rings. The van der Waals surface area contributed by atoms with Gasteiger partial charge >= 0.3 is 0 Å². The minimum atomic E-state index is -0.00858. The van der Waals surface area contributed by atoms with Gasteiger partial charge in [-0.2, -0.15) is 0 Å². The highest BCUT2D eigenvalue weighted by atomic mass is 16.1. The van der Waals surface area contributed by atoms with Crippen LogP contribution in [0.15, 0.2) is 36.5 Å². The predicted octanol–water partition coefficient (Wildman–Crippen LogP) is 2.32. The van der Waals surface area contributed by atoms with E-state index in [2.05, 4.69) is 16.4 Å². The first-order chi connectivity index (χ1) is 7.75. The molecule has 3 heteroatoms. The van der Waals surface area contributed by atoms with Crippen LogP contribution in [0.2, 0.25) is 0 Å². The normalized spacial score (nSPS) is 11.1. The van der Waals surface area contributed by atoms with Crippen molar-refractivity contribution in [3.8, 4) is 0 Å². The van der Waals surface area contributed by atoms with Crippen LogP contribution in [-0.2, 0) is 4.79 Å². The van der Waals surface area contributed by atoms with Crippen molar-refractivity contribution in [1.82, 2.24) is 10.3 Å². The Bertz CT molecular complexity index is 525. The van der Waals surface area contributed by atoms with Crippen LogP contribution in [0.3, 0.4) is 0 Å². The number of H-pyrrole nitrogens is 1. The zero-order chi connectivity index (χ0) is 11.4. The highest BCUT2D eigenvalue weighted by molar-refractivity contribution is 5.81. The van der Waals surface area contributed by atoms with Gasteiger partial charge in [0, 0.05) is 25.2 Å². The number of hydrogen-bond acceptors (Lipinski definition) is 1. The zero-order valence-electron chi connectivity index (χ0n) is 9.16. The van der Waals surface area contributed by atoms with Crippen molar-refractivity contribution < 1.29 is 4.79 Å². The smallest absolute Gasteiger partial charge is 0.217 e. The number of rotatable bonds is 3. The monoisotopic (exact) mass is 214 g/mol. The molecule has 0 bridgehead atoms. The molecule has 0 spiro atoms. The molecule has 0 aliphatic heterocycles. The maximum atomic E-state index is 10.6. The average Bonchev–Trinajstić information content (AvgIpc) is 2.71. The SMILES string of the molecule is CC(=O)NCC=Cc1ccc2[nH]ccc2c1. The second-order valence-electron chi connectivity index (χ2n) is 3.66. The maximum absolute atomic E-state index is 10.6. The summed E-state index contributed by atoms with van der Waals surface area (Å²) in [6, 6.07) is 8.24. The molecule has 0 aliphatic carbocycles. The van der Waals surface area contributed by atoms with Gasteiger partial charge in [-0.15, -0.1) is 0 Å². The van der Waals surface area contributed by atoms with Crippen LogP contribution in [-0.4, -0.2) is 17.4 Å². The largest absolute Gasteiger partial charge is 0.361 e. The van der Waals surface area contributed by atoms with E-state index in [1.165, 1.54) is 12.3 Å². The Morgan fingerprint density at radius 1 is 1.44 bits per heavy atom. The van der Waals surface area contributed by atoms with Crippen LogP contribution in [0, 0.1) is 0 Å². The number of nitrogens with one attached hydrogen (secondary N) is 2. The Labute approximate surface area is 94.2 Å². The van der Waals surface area contributed by atoms with Gasteiger partial charge in [-0.3, -0.25) is 4.79 Å². The van der Waals surface area contributed by atoms with Crippen molar-refractivity contribution in [3.63, 3.8) is 0 Å². The molecule has 3 nitrogen and oxygen atoms in total. The van der Waals surface area contributed by atoms with Gasteiger partial charge in [-0.25, -0.2) is 0 Å². The fourth-order valence-corrected chi connectivity index (χ4v) is 1.57. The summed E-state index contributed by atoms with van der Waals surface area (Å²) in [6.45, 7) is 2.08. The summed E-state index contributed by atoms with van der Waals surface area (Å²) in [5.74, 6) is -0.00858.